The highest BCUT2D eigenvalue weighted by Crippen LogP contribution is 2.23. The van der Waals surface area contributed by atoms with Crippen LogP contribution in [0, 0.1) is 0 Å². The normalized spacial score (nSPS) is 18.2. The van der Waals surface area contributed by atoms with Crippen molar-refractivity contribution < 1.29 is 27.1 Å². The largest absolute Gasteiger partial charge is 0.471 e. The van der Waals surface area contributed by atoms with Gasteiger partial charge < -0.3 is 15.0 Å². The molecule has 2 heterocycles. The molecule has 136 valence electrons. The van der Waals surface area contributed by atoms with Crippen LogP contribution in [0.15, 0.2) is 18.3 Å². The fourth-order valence-electron chi connectivity index (χ4n) is 2.12. The number of alkyl halides is 4. The van der Waals surface area contributed by atoms with Crippen molar-refractivity contribution in [1.82, 2.24) is 15.2 Å². The highest BCUT2D eigenvalue weighted by molar-refractivity contribution is 5.94. The van der Waals surface area contributed by atoms with Crippen molar-refractivity contribution in [2.75, 3.05) is 26.2 Å². The number of halogens is 5. The maximum Gasteiger partial charge on any atom is 0.340 e. The fourth-order valence-corrected chi connectivity index (χ4v) is 2.12. The summed E-state index contributed by atoms with van der Waals surface area (Å²) < 4.78 is 54.1. The molecule has 0 radical (unpaired) electrons. The average Bonchev–Trinajstić information content (AvgIpc) is 2.52. The molecule has 1 saturated heterocycles. The Morgan fingerprint density at radius 3 is 2.75 bits per heavy atom. The standard InChI is InChI=1S/C14H17F4N3O2.ClH/c1-9-7-21(5-4-19-9)12(22)10-2-3-11(20-6-10)23-8-14(17,18)13(15)16;/h2-3,6,9,13,19H,4-5,7-8H2,1H3;1H. The maximum absolute atomic E-state index is 12.7. The van der Waals surface area contributed by atoms with Crippen LogP contribution in [0.1, 0.15) is 17.3 Å². The Bertz CT molecular complexity index is 545. The second kappa shape index (κ2) is 8.48. The van der Waals surface area contributed by atoms with E-state index < -0.39 is 19.0 Å². The van der Waals surface area contributed by atoms with Crippen LogP contribution in [0.5, 0.6) is 5.88 Å². The van der Waals surface area contributed by atoms with Gasteiger partial charge in [0.1, 0.15) is 0 Å². The lowest BCUT2D eigenvalue weighted by atomic mass is 10.2. The minimum Gasteiger partial charge on any atom is -0.471 e. The maximum atomic E-state index is 12.7. The summed E-state index contributed by atoms with van der Waals surface area (Å²) in [5.74, 6) is -4.71. The zero-order valence-electron chi connectivity index (χ0n) is 12.8. The highest BCUT2D eigenvalue weighted by atomic mass is 35.5. The quantitative estimate of drug-likeness (QED) is 0.806. The van der Waals surface area contributed by atoms with Crippen molar-refractivity contribution in [2.45, 2.75) is 25.3 Å². The predicted molar refractivity (Wildman–Crippen MR) is 81.3 cm³/mol. The molecule has 1 aliphatic rings. The van der Waals surface area contributed by atoms with Gasteiger partial charge in [0.2, 0.25) is 5.88 Å². The first-order chi connectivity index (χ1) is 10.8. The number of rotatable bonds is 5. The summed E-state index contributed by atoms with van der Waals surface area (Å²) in [6, 6.07) is 2.76. The van der Waals surface area contributed by atoms with E-state index in [1.54, 1.807) is 4.90 Å². The lowest BCUT2D eigenvalue weighted by Crippen LogP contribution is -2.51. The number of hydrogen-bond acceptors (Lipinski definition) is 4. The Kier molecular flexibility index (Phi) is 7.22. The number of ether oxygens (including phenoxy) is 1. The minimum absolute atomic E-state index is 0. The van der Waals surface area contributed by atoms with E-state index in [-0.39, 0.29) is 35.8 Å². The first kappa shape index (κ1) is 20.4. The van der Waals surface area contributed by atoms with E-state index in [1.807, 2.05) is 6.92 Å². The van der Waals surface area contributed by atoms with E-state index >= 15 is 0 Å². The molecular formula is C14H18ClF4N3O2. The van der Waals surface area contributed by atoms with Gasteiger partial charge in [0.05, 0.1) is 5.56 Å². The SMILES string of the molecule is CC1CN(C(=O)c2ccc(OCC(F)(F)C(F)F)nc2)CCN1.Cl. The van der Waals surface area contributed by atoms with Gasteiger partial charge in [-0.1, -0.05) is 0 Å². The molecular weight excluding hydrogens is 354 g/mol. The Balaban J connectivity index is 0.00000288. The Morgan fingerprint density at radius 1 is 1.50 bits per heavy atom. The monoisotopic (exact) mass is 371 g/mol. The van der Waals surface area contributed by atoms with Gasteiger partial charge in [0.15, 0.2) is 6.61 Å². The fraction of sp³-hybridized carbons (Fsp3) is 0.571. The van der Waals surface area contributed by atoms with E-state index in [2.05, 4.69) is 15.0 Å². The van der Waals surface area contributed by atoms with E-state index in [4.69, 9.17) is 0 Å². The van der Waals surface area contributed by atoms with Crippen molar-refractivity contribution in [2.24, 2.45) is 0 Å². The number of amides is 1. The topological polar surface area (TPSA) is 54.5 Å². The van der Waals surface area contributed by atoms with Gasteiger partial charge in [-0.05, 0) is 13.0 Å². The summed E-state index contributed by atoms with van der Waals surface area (Å²) in [6.07, 6.45) is -2.62. The van der Waals surface area contributed by atoms with Crippen LogP contribution in [0.4, 0.5) is 17.6 Å². The summed E-state index contributed by atoms with van der Waals surface area (Å²) >= 11 is 0. The van der Waals surface area contributed by atoms with Gasteiger partial charge in [-0.15, -0.1) is 12.4 Å². The molecule has 1 amide bonds. The molecule has 1 aromatic heterocycles. The highest BCUT2D eigenvalue weighted by Gasteiger charge is 2.41. The summed E-state index contributed by atoms with van der Waals surface area (Å²) in [7, 11) is 0. The van der Waals surface area contributed by atoms with Gasteiger partial charge >= 0.3 is 12.3 Å². The van der Waals surface area contributed by atoms with Crippen LogP contribution in [0.2, 0.25) is 0 Å². The van der Waals surface area contributed by atoms with Crippen LogP contribution in [0.3, 0.4) is 0 Å². The Morgan fingerprint density at radius 2 is 2.21 bits per heavy atom. The number of pyridine rings is 1. The van der Waals surface area contributed by atoms with Crippen molar-refractivity contribution >= 4 is 18.3 Å². The van der Waals surface area contributed by atoms with Crippen molar-refractivity contribution in [3.05, 3.63) is 23.9 Å². The van der Waals surface area contributed by atoms with Crippen molar-refractivity contribution in [1.29, 1.82) is 0 Å². The van der Waals surface area contributed by atoms with Crippen LogP contribution in [0.25, 0.3) is 0 Å². The third kappa shape index (κ3) is 5.20. The number of piperazine rings is 1. The molecule has 1 fully saturated rings. The number of carbonyl (C=O) groups is 1. The third-order valence-electron chi connectivity index (χ3n) is 3.37. The number of carbonyl (C=O) groups excluding carboxylic acids is 1. The Hall–Kier alpha value is -1.61. The van der Waals surface area contributed by atoms with Gasteiger partial charge in [0.25, 0.3) is 5.91 Å². The molecule has 0 aromatic carbocycles. The van der Waals surface area contributed by atoms with E-state index in [0.717, 1.165) is 0 Å². The summed E-state index contributed by atoms with van der Waals surface area (Å²) in [5, 5.41) is 3.21. The zero-order chi connectivity index (χ0) is 17.0. The molecule has 1 unspecified atom stereocenters. The zero-order valence-corrected chi connectivity index (χ0v) is 13.7. The minimum atomic E-state index is -4.24. The molecule has 0 saturated carbocycles. The molecule has 1 N–H and O–H groups in total. The van der Waals surface area contributed by atoms with Crippen LogP contribution in [-0.4, -0.2) is 60.4 Å². The summed E-state index contributed by atoms with van der Waals surface area (Å²) in [5.41, 5.74) is 0.284. The lowest BCUT2D eigenvalue weighted by Gasteiger charge is -2.31. The smallest absolute Gasteiger partial charge is 0.340 e. The summed E-state index contributed by atoms with van der Waals surface area (Å²) in [4.78, 5) is 17.6. The molecule has 2 rings (SSSR count). The van der Waals surface area contributed by atoms with Crippen LogP contribution in [-0.2, 0) is 0 Å². The van der Waals surface area contributed by atoms with Crippen molar-refractivity contribution in [3.8, 4) is 5.88 Å². The second-order valence-corrected chi connectivity index (χ2v) is 5.34. The molecule has 1 aromatic rings. The van der Waals surface area contributed by atoms with Crippen molar-refractivity contribution in [3.63, 3.8) is 0 Å². The van der Waals surface area contributed by atoms with Gasteiger partial charge in [0, 0.05) is 37.9 Å². The van der Waals surface area contributed by atoms with Crippen LogP contribution < -0.4 is 10.1 Å². The van der Waals surface area contributed by atoms with E-state index in [1.165, 1.54) is 18.3 Å². The lowest BCUT2D eigenvalue weighted by molar-refractivity contribution is -0.148. The second-order valence-electron chi connectivity index (χ2n) is 5.34. The average molecular weight is 372 g/mol. The van der Waals surface area contributed by atoms with Gasteiger partial charge in [-0.2, -0.15) is 8.78 Å². The van der Waals surface area contributed by atoms with Gasteiger partial charge in [-0.25, -0.2) is 13.8 Å². The molecule has 10 heteroatoms. The first-order valence-corrected chi connectivity index (χ1v) is 7.07. The molecule has 0 aliphatic carbocycles. The molecule has 0 bridgehead atoms. The molecule has 1 atom stereocenters. The number of hydrogen-bond donors (Lipinski definition) is 1. The summed E-state index contributed by atoms with van der Waals surface area (Å²) in [6.45, 7) is 2.28. The van der Waals surface area contributed by atoms with Gasteiger partial charge in [-0.3, -0.25) is 4.79 Å². The van der Waals surface area contributed by atoms with E-state index in [0.29, 0.717) is 19.6 Å². The van der Waals surface area contributed by atoms with Crippen LogP contribution >= 0.6 is 12.4 Å². The predicted octanol–water partition coefficient (Wildman–Crippen LogP) is 2.22. The Labute approximate surface area is 142 Å². The molecule has 24 heavy (non-hydrogen) atoms. The molecule has 1 aliphatic heterocycles. The number of aromatic nitrogens is 1. The van der Waals surface area contributed by atoms with E-state index in [9.17, 15) is 22.4 Å². The molecule has 0 spiro atoms. The molecule has 5 nitrogen and oxygen atoms in total. The number of nitrogens with one attached hydrogen (secondary N) is 1. The first-order valence-electron chi connectivity index (χ1n) is 7.07. The number of nitrogens with zero attached hydrogens (tertiary/aromatic N) is 2. The third-order valence-corrected chi connectivity index (χ3v) is 3.37.